The quantitative estimate of drug-likeness (QED) is 0.244. The smallest absolute Gasteiger partial charge is 0.271 e. The van der Waals surface area contributed by atoms with E-state index >= 15 is 0 Å². The summed E-state index contributed by atoms with van der Waals surface area (Å²) in [6, 6.07) is 24.9. The van der Waals surface area contributed by atoms with Crippen molar-refractivity contribution in [1.82, 2.24) is 9.99 Å². The standard InChI is InChI=1S/C25H19BrClN3O2/c1-16-7-12-23(18-5-3-2-4-6-18)30(16)20-10-8-19(9-11-20)25(32)29-28-15-17-13-21(26)24(31)22(27)14-17/h2-15,31H,1H3,(H,29,32)/b28-15+. The van der Waals surface area contributed by atoms with Gasteiger partial charge in [0, 0.05) is 16.9 Å². The highest BCUT2D eigenvalue weighted by atomic mass is 79.9. The summed E-state index contributed by atoms with van der Waals surface area (Å²) < 4.78 is 2.60. The number of aromatic hydroxyl groups is 1. The van der Waals surface area contributed by atoms with E-state index < -0.39 is 0 Å². The van der Waals surface area contributed by atoms with Gasteiger partial charge in [0.15, 0.2) is 0 Å². The maximum absolute atomic E-state index is 12.5. The largest absolute Gasteiger partial charge is 0.505 e. The second-order valence-electron chi connectivity index (χ2n) is 7.14. The molecule has 0 saturated carbocycles. The minimum absolute atomic E-state index is 0.0405. The number of aromatic nitrogens is 1. The van der Waals surface area contributed by atoms with Gasteiger partial charge < -0.3 is 9.67 Å². The molecule has 1 amide bonds. The highest BCUT2D eigenvalue weighted by Gasteiger charge is 2.11. The molecule has 2 N–H and O–H groups in total. The molecular weight excluding hydrogens is 490 g/mol. The topological polar surface area (TPSA) is 66.6 Å². The number of aryl methyl sites for hydroxylation is 1. The molecular formula is C25H19BrClN3O2. The van der Waals surface area contributed by atoms with Crippen molar-refractivity contribution in [3.8, 4) is 22.7 Å². The molecule has 3 aromatic carbocycles. The van der Waals surface area contributed by atoms with Crippen molar-refractivity contribution in [3.63, 3.8) is 0 Å². The lowest BCUT2D eigenvalue weighted by atomic mass is 10.1. The van der Waals surface area contributed by atoms with E-state index in [1.54, 1.807) is 24.3 Å². The predicted molar refractivity (Wildman–Crippen MR) is 132 cm³/mol. The van der Waals surface area contributed by atoms with Crippen LogP contribution in [0.5, 0.6) is 5.75 Å². The fourth-order valence-electron chi connectivity index (χ4n) is 3.37. The van der Waals surface area contributed by atoms with Crippen LogP contribution in [0.15, 0.2) is 88.4 Å². The van der Waals surface area contributed by atoms with Gasteiger partial charge in [-0.1, -0.05) is 41.9 Å². The van der Waals surface area contributed by atoms with Gasteiger partial charge in [0.25, 0.3) is 5.91 Å². The van der Waals surface area contributed by atoms with Crippen LogP contribution >= 0.6 is 27.5 Å². The van der Waals surface area contributed by atoms with Crippen LogP contribution in [-0.2, 0) is 0 Å². The number of hydrazone groups is 1. The van der Waals surface area contributed by atoms with E-state index in [2.05, 4.69) is 62.2 Å². The van der Waals surface area contributed by atoms with E-state index in [1.165, 1.54) is 6.21 Å². The number of phenols is 1. The van der Waals surface area contributed by atoms with Gasteiger partial charge in [0.1, 0.15) is 5.75 Å². The molecule has 0 atom stereocenters. The number of nitrogens with zero attached hydrogens (tertiary/aromatic N) is 2. The van der Waals surface area contributed by atoms with Crippen LogP contribution < -0.4 is 5.43 Å². The van der Waals surface area contributed by atoms with E-state index in [0.717, 1.165) is 22.6 Å². The average molecular weight is 509 g/mol. The Balaban J connectivity index is 1.50. The van der Waals surface area contributed by atoms with Gasteiger partial charge in [-0.05, 0) is 82.5 Å². The monoisotopic (exact) mass is 507 g/mol. The molecule has 0 radical (unpaired) electrons. The number of carbonyl (C=O) groups is 1. The minimum atomic E-state index is -0.329. The van der Waals surface area contributed by atoms with Crippen molar-refractivity contribution in [2.75, 3.05) is 0 Å². The molecule has 0 saturated heterocycles. The van der Waals surface area contributed by atoms with Crippen LogP contribution in [0.3, 0.4) is 0 Å². The number of benzene rings is 3. The summed E-state index contributed by atoms with van der Waals surface area (Å²) in [4.78, 5) is 12.5. The predicted octanol–water partition coefficient (Wildman–Crippen LogP) is 6.34. The third-order valence-electron chi connectivity index (χ3n) is 4.95. The second-order valence-corrected chi connectivity index (χ2v) is 8.40. The summed E-state index contributed by atoms with van der Waals surface area (Å²) in [6.45, 7) is 2.05. The van der Waals surface area contributed by atoms with Gasteiger partial charge in [0.2, 0.25) is 0 Å². The Morgan fingerprint density at radius 2 is 1.78 bits per heavy atom. The second kappa shape index (κ2) is 9.42. The van der Waals surface area contributed by atoms with Gasteiger partial charge in [-0.15, -0.1) is 0 Å². The van der Waals surface area contributed by atoms with Crippen LogP contribution in [-0.4, -0.2) is 21.8 Å². The molecule has 0 bridgehead atoms. The molecule has 0 fully saturated rings. The highest BCUT2D eigenvalue weighted by molar-refractivity contribution is 9.10. The summed E-state index contributed by atoms with van der Waals surface area (Å²) in [5, 5.41) is 13.9. The molecule has 4 rings (SSSR count). The van der Waals surface area contributed by atoms with Crippen LogP contribution in [0.1, 0.15) is 21.6 Å². The first-order valence-corrected chi connectivity index (χ1v) is 11.0. The molecule has 4 aromatic rings. The maximum atomic E-state index is 12.5. The molecule has 0 unspecified atom stereocenters. The number of amides is 1. The number of hydrogen-bond acceptors (Lipinski definition) is 3. The molecule has 0 aliphatic heterocycles. The van der Waals surface area contributed by atoms with E-state index in [1.807, 2.05) is 30.3 Å². The minimum Gasteiger partial charge on any atom is -0.505 e. The lowest BCUT2D eigenvalue weighted by Gasteiger charge is -2.12. The molecule has 32 heavy (non-hydrogen) atoms. The lowest BCUT2D eigenvalue weighted by Crippen LogP contribution is -2.17. The SMILES string of the molecule is Cc1ccc(-c2ccccc2)n1-c1ccc(C(=O)N/N=C/c2cc(Cl)c(O)c(Br)c2)cc1. The fraction of sp³-hybridized carbons (Fsp3) is 0.0400. The van der Waals surface area contributed by atoms with Gasteiger partial charge in [-0.2, -0.15) is 5.10 Å². The number of carbonyl (C=O) groups excluding carboxylic acids is 1. The van der Waals surface area contributed by atoms with Crippen LogP contribution in [0.2, 0.25) is 5.02 Å². The van der Waals surface area contributed by atoms with E-state index in [0.29, 0.717) is 15.6 Å². The Morgan fingerprint density at radius 3 is 2.47 bits per heavy atom. The summed E-state index contributed by atoms with van der Waals surface area (Å²) in [6.07, 6.45) is 1.46. The van der Waals surface area contributed by atoms with Crippen molar-refractivity contribution >= 4 is 39.7 Å². The highest BCUT2D eigenvalue weighted by Crippen LogP contribution is 2.32. The Morgan fingerprint density at radius 1 is 1.06 bits per heavy atom. The van der Waals surface area contributed by atoms with E-state index in [9.17, 15) is 9.90 Å². The molecule has 7 heteroatoms. The third-order valence-corrected chi connectivity index (χ3v) is 5.84. The fourth-order valence-corrected chi connectivity index (χ4v) is 4.19. The molecule has 0 spiro atoms. The third kappa shape index (κ3) is 4.61. The van der Waals surface area contributed by atoms with Crippen LogP contribution in [0, 0.1) is 6.92 Å². The number of phenolic OH excluding ortho intramolecular Hbond substituents is 1. The molecule has 1 heterocycles. The summed E-state index contributed by atoms with van der Waals surface area (Å²) in [5.74, 6) is -0.370. The Bertz CT molecular complexity index is 1280. The van der Waals surface area contributed by atoms with E-state index in [-0.39, 0.29) is 16.7 Å². The van der Waals surface area contributed by atoms with Gasteiger partial charge in [-0.25, -0.2) is 5.43 Å². The van der Waals surface area contributed by atoms with Gasteiger partial charge in [-0.3, -0.25) is 4.79 Å². The zero-order chi connectivity index (χ0) is 22.7. The molecule has 0 aliphatic rings. The van der Waals surface area contributed by atoms with Crippen LogP contribution in [0.4, 0.5) is 0 Å². The first-order chi connectivity index (χ1) is 15.4. The normalized spacial score (nSPS) is 11.1. The van der Waals surface area contributed by atoms with Crippen molar-refractivity contribution in [1.29, 1.82) is 0 Å². The maximum Gasteiger partial charge on any atom is 0.271 e. The summed E-state index contributed by atoms with van der Waals surface area (Å²) in [7, 11) is 0. The molecule has 5 nitrogen and oxygen atoms in total. The van der Waals surface area contributed by atoms with Crippen molar-refractivity contribution < 1.29 is 9.90 Å². The Labute approximate surface area is 199 Å². The molecule has 160 valence electrons. The average Bonchev–Trinajstić information content (AvgIpc) is 3.19. The van der Waals surface area contributed by atoms with Crippen molar-refractivity contribution in [3.05, 3.63) is 105 Å². The van der Waals surface area contributed by atoms with Crippen molar-refractivity contribution in [2.24, 2.45) is 5.10 Å². The van der Waals surface area contributed by atoms with Gasteiger partial charge >= 0.3 is 0 Å². The van der Waals surface area contributed by atoms with Crippen molar-refractivity contribution in [2.45, 2.75) is 6.92 Å². The molecule has 1 aromatic heterocycles. The number of rotatable bonds is 5. The lowest BCUT2D eigenvalue weighted by molar-refractivity contribution is 0.0955. The Hall–Kier alpha value is -3.35. The molecule has 0 aliphatic carbocycles. The number of halogens is 2. The number of nitrogens with one attached hydrogen (secondary N) is 1. The first kappa shape index (κ1) is 21.9. The summed E-state index contributed by atoms with van der Waals surface area (Å²) >= 11 is 9.16. The Kier molecular flexibility index (Phi) is 6.44. The zero-order valence-corrected chi connectivity index (χ0v) is 19.4. The summed E-state index contributed by atoms with van der Waals surface area (Å²) in [5.41, 5.74) is 7.90. The van der Waals surface area contributed by atoms with E-state index in [4.69, 9.17) is 11.6 Å². The van der Waals surface area contributed by atoms with Crippen LogP contribution in [0.25, 0.3) is 16.9 Å². The zero-order valence-electron chi connectivity index (χ0n) is 17.1. The van der Waals surface area contributed by atoms with Gasteiger partial charge in [0.05, 0.1) is 21.4 Å². The number of hydrogen-bond donors (Lipinski definition) is 2. The first-order valence-electron chi connectivity index (χ1n) is 9.79.